The van der Waals surface area contributed by atoms with Crippen LogP contribution in [-0.2, 0) is 13.7 Å². The molecule has 2 rings (SSSR count). The van der Waals surface area contributed by atoms with Crippen molar-refractivity contribution in [2.45, 2.75) is 13.5 Å². The first kappa shape index (κ1) is 9.71. The molecular weight excluding hydrogens is 190 g/mol. The molecule has 0 amide bonds. The molecule has 0 saturated heterocycles. The number of pyridine rings is 1. The highest BCUT2D eigenvalue weighted by atomic mass is 16.5. The molecule has 0 bridgehead atoms. The molecule has 0 aliphatic rings. The van der Waals surface area contributed by atoms with Crippen molar-refractivity contribution in [1.29, 1.82) is 0 Å². The van der Waals surface area contributed by atoms with E-state index < -0.39 is 0 Å². The molecule has 2 aromatic rings. The van der Waals surface area contributed by atoms with Gasteiger partial charge in [0.15, 0.2) is 5.75 Å². The average molecular weight is 203 g/mol. The quantitative estimate of drug-likeness (QED) is 0.762. The number of aromatic nitrogens is 3. The zero-order chi connectivity index (χ0) is 10.7. The summed E-state index contributed by atoms with van der Waals surface area (Å²) in [5.74, 6) is 0.777. The molecule has 0 saturated carbocycles. The van der Waals surface area contributed by atoms with E-state index in [9.17, 15) is 0 Å². The van der Waals surface area contributed by atoms with Gasteiger partial charge in [-0.1, -0.05) is 0 Å². The molecule has 0 radical (unpaired) electrons. The lowest BCUT2D eigenvalue weighted by Crippen LogP contribution is -1.95. The Morgan fingerprint density at radius 1 is 1.33 bits per heavy atom. The number of nitrogens with zero attached hydrogens (tertiary/aromatic N) is 3. The third-order valence-corrected chi connectivity index (χ3v) is 2.02. The van der Waals surface area contributed by atoms with Crippen molar-refractivity contribution in [1.82, 2.24) is 14.8 Å². The lowest BCUT2D eigenvalue weighted by molar-refractivity contribution is 0.305. The molecule has 0 unspecified atom stereocenters. The maximum absolute atomic E-state index is 5.54. The molecule has 4 heteroatoms. The van der Waals surface area contributed by atoms with Crippen molar-refractivity contribution in [3.63, 3.8) is 0 Å². The highest BCUT2D eigenvalue weighted by Crippen LogP contribution is 2.10. The zero-order valence-electron chi connectivity index (χ0n) is 8.84. The van der Waals surface area contributed by atoms with E-state index in [0.717, 1.165) is 16.9 Å². The molecule has 0 aromatic carbocycles. The predicted octanol–water partition coefficient (Wildman–Crippen LogP) is 1.70. The van der Waals surface area contributed by atoms with Crippen LogP contribution in [-0.4, -0.2) is 14.8 Å². The minimum absolute atomic E-state index is 0.528. The number of hydrogen-bond acceptors (Lipinski definition) is 3. The Balaban J connectivity index is 1.99. The minimum atomic E-state index is 0.528. The fourth-order valence-electron chi connectivity index (χ4n) is 1.34. The van der Waals surface area contributed by atoms with Crippen LogP contribution in [0.1, 0.15) is 11.1 Å². The van der Waals surface area contributed by atoms with Gasteiger partial charge in [-0.3, -0.25) is 9.67 Å². The van der Waals surface area contributed by atoms with Gasteiger partial charge in [0.05, 0.1) is 12.4 Å². The Kier molecular flexibility index (Phi) is 2.67. The summed E-state index contributed by atoms with van der Waals surface area (Å²) in [7, 11) is 1.86. The first-order valence-corrected chi connectivity index (χ1v) is 4.76. The summed E-state index contributed by atoms with van der Waals surface area (Å²) in [6.45, 7) is 2.54. The number of ether oxygens (including phenoxy) is 1. The van der Waals surface area contributed by atoms with Crippen LogP contribution in [0, 0.1) is 6.92 Å². The van der Waals surface area contributed by atoms with E-state index >= 15 is 0 Å². The topological polar surface area (TPSA) is 39.9 Å². The van der Waals surface area contributed by atoms with Crippen LogP contribution >= 0.6 is 0 Å². The normalized spacial score (nSPS) is 10.3. The molecule has 2 aromatic heterocycles. The first-order chi connectivity index (χ1) is 7.24. The Labute approximate surface area is 88.5 Å². The fourth-order valence-corrected chi connectivity index (χ4v) is 1.34. The van der Waals surface area contributed by atoms with Gasteiger partial charge >= 0.3 is 0 Å². The number of aryl methyl sites for hydroxylation is 2. The van der Waals surface area contributed by atoms with Gasteiger partial charge in [0.2, 0.25) is 0 Å². The lowest BCUT2D eigenvalue weighted by atomic mass is 10.2. The van der Waals surface area contributed by atoms with E-state index in [4.69, 9.17) is 4.74 Å². The first-order valence-electron chi connectivity index (χ1n) is 4.76. The summed E-state index contributed by atoms with van der Waals surface area (Å²) < 4.78 is 7.26. The molecular formula is C11H13N3O. The van der Waals surface area contributed by atoms with Crippen molar-refractivity contribution in [2.24, 2.45) is 7.05 Å². The fraction of sp³-hybridized carbons (Fsp3) is 0.273. The van der Waals surface area contributed by atoms with E-state index in [2.05, 4.69) is 16.1 Å². The van der Waals surface area contributed by atoms with E-state index in [1.807, 2.05) is 32.6 Å². The van der Waals surface area contributed by atoms with E-state index in [0.29, 0.717) is 6.61 Å². The molecule has 0 aliphatic carbocycles. The van der Waals surface area contributed by atoms with E-state index in [1.165, 1.54) is 0 Å². The SMILES string of the molecule is Cc1cncc(COc2cnn(C)c2)c1. The van der Waals surface area contributed by atoms with Crippen molar-refractivity contribution in [3.05, 3.63) is 42.0 Å². The Morgan fingerprint density at radius 2 is 2.20 bits per heavy atom. The summed E-state index contributed by atoms with van der Waals surface area (Å²) in [4.78, 5) is 4.10. The van der Waals surface area contributed by atoms with Crippen molar-refractivity contribution in [3.8, 4) is 5.75 Å². The maximum Gasteiger partial charge on any atom is 0.157 e. The largest absolute Gasteiger partial charge is 0.486 e. The van der Waals surface area contributed by atoms with Crippen LogP contribution in [0.4, 0.5) is 0 Å². The Bertz CT molecular complexity index is 451. The van der Waals surface area contributed by atoms with Crippen molar-refractivity contribution >= 4 is 0 Å². The third kappa shape index (κ3) is 2.56. The summed E-state index contributed by atoms with van der Waals surface area (Å²) in [5.41, 5.74) is 2.21. The van der Waals surface area contributed by atoms with Crippen LogP contribution in [0.15, 0.2) is 30.9 Å². The van der Waals surface area contributed by atoms with Gasteiger partial charge in [0.1, 0.15) is 6.61 Å². The smallest absolute Gasteiger partial charge is 0.157 e. The second kappa shape index (κ2) is 4.13. The van der Waals surface area contributed by atoms with Gasteiger partial charge in [0, 0.05) is 25.0 Å². The van der Waals surface area contributed by atoms with Crippen LogP contribution in [0.2, 0.25) is 0 Å². The molecule has 4 nitrogen and oxygen atoms in total. The van der Waals surface area contributed by atoms with Gasteiger partial charge in [-0.15, -0.1) is 0 Å². The standard InChI is InChI=1S/C11H13N3O/c1-9-3-10(5-12-4-9)8-15-11-6-13-14(2)7-11/h3-7H,8H2,1-2H3. The van der Waals surface area contributed by atoms with Crippen LogP contribution in [0.5, 0.6) is 5.75 Å². The molecule has 0 N–H and O–H groups in total. The monoisotopic (exact) mass is 203 g/mol. The molecule has 0 fully saturated rings. The number of hydrogen-bond donors (Lipinski definition) is 0. The summed E-state index contributed by atoms with van der Waals surface area (Å²) in [6, 6.07) is 2.06. The Morgan fingerprint density at radius 3 is 2.87 bits per heavy atom. The summed E-state index contributed by atoms with van der Waals surface area (Å²) >= 11 is 0. The van der Waals surface area contributed by atoms with Crippen LogP contribution in [0.3, 0.4) is 0 Å². The number of rotatable bonds is 3. The van der Waals surface area contributed by atoms with E-state index in [1.54, 1.807) is 10.9 Å². The third-order valence-electron chi connectivity index (χ3n) is 2.02. The van der Waals surface area contributed by atoms with Gasteiger partial charge in [-0.25, -0.2) is 0 Å². The zero-order valence-corrected chi connectivity index (χ0v) is 8.84. The van der Waals surface area contributed by atoms with Crippen LogP contribution in [0.25, 0.3) is 0 Å². The van der Waals surface area contributed by atoms with Gasteiger partial charge < -0.3 is 4.74 Å². The van der Waals surface area contributed by atoms with Crippen molar-refractivity contribution in [2.75, 3.05) is 0 Å². The molecule has 0 aliphatic heterocycles. The second-order valence-corrected chi connectivity index (χ2v) is 3.51. The van der Waals surface area contributed by atoms with Gasteiger partial charge in [0.25, 0.3) is 0 Å². The molecule has 0 spiro atoms. The summed E-state index contributed by atoms with van der Waals surface area (Å²) in [5, 5.41) is 4.02. The molecule has 78 valence electrons. The predicted molar refractivity (Wildman–Crippen MR) is 56.5 cm³/mol. The second-order valence-electron chi connectivity index (χ2n) is 3.51. The molecule has 0 atom stereocenters. The molecule has 2 heterocycles. The highest BCUT2D eigenvalue weighted by Gasteiger charge is 1.98. The summed E-state index contributed by atoms with van der Waals surface area (Å²) in [6.07, 6.45) is 7.17. The highest BCUT2D eigenvalue weighted by molar-refractivity contribution is 5.17. The van der Waals surface area contributed by atoms with Gasteiger partial charge in [-0.05, 0) is 18.6 Å². The lowest BCUT2D eigenvalue weighted by Gasteiger charge is -2.03. The van der Waals surface area contributed by atoms with E-state index in [-0.39, 0.29) is 0 Å². The Hall–Kier alpha value is -1.84. The van der Waals surface area contributed by atoms with Gasteiger partial charge in [-0.2, -0.15) is 5.10 Å². The van der Waals surface area contributed by atoms with Crippen LogP contribution < -0.4 is 4.74 Å². The van der Waals surface area contributed by atoms with Crippen molar-refractivity contribution < 1.29 is 4.74 Å². The molecule has 15 heavy (non-hydrogen) atoms. The minimum Gasteiger partial charge on any atom is -0.486 e. The maximum atomic E-state index is 5.54. The average Bonchev–Trinajstić information content (AvgIpc) is 2.62.